The number of rotatable bonds is 5. The molecule has 1 aliphatic carbocycles. The number of amides is 2. The van der Waals surface area contributed by atoms with E-state index in [-0.39, 0.29) is 41.6 Å². The number of hydrogen-bond acceptors (Lipinski definition) is 9. The number of benzene rings is 2. The van der Waals surface area contributed by atoms with Gasteiger partial charge in [-0.2, -0.15) is 0 Å². The molecule has 4 heterocycles. The molecule has 11 heteroatoms. The zero-order valence-electron chi connectivity index (χ0n) is 25.0. The summed E-state index contributed by atoms with van der Waals surface area (Å²) in [5.74, 6) is -5.61. The molecule has 2 aromatic carbocycles. The first-order valence-corrected chi connectivity index (χ1v) is 14.6. The Morgan fingerprint density at radius 3 is 2.31 bits per heavy atom. The van der Waals surface area contributed by atoms with Gasteiger partial charge in [0.1, 0.15) is 17.3 Å². The monoisotopic (exact) mass is 610 g/mol. The van der Waals surface area contributed by atoms with Crippen molar-refractivity contribution in [2.75, 3.05) is 18.6 Å². The molecule has 0 radical (unpaired) electrons. The molecule has 45 heavy (non-hydrogen) atoms. The van der Waals surface area contributed by atoms with E-state index in [9.17, 15) is 24.3 Å². The minimum absolute atomic E-state index is 0.0684. The number of methoxy groups -OCH3 is 1. The maximum absolute atomic E-state index is 15.4. The van der Waals surface area contributed by atoms with Gasteiger partial charge in [-0.25, -0.2) is 0 Å². The first kappa shape index (κ1) is 28.6. The summed E-state index contributed by atoms with van der Waals surface area (Å²) in [6, 6.07) is 12.4. The van der Waals surface area contributed by atoms with Crippen molar-refractivity contribution in [3.8, 4) is 11.5 Å². The second-order valence-corrected chi connectivity index (χ2v) is 12.4. The van der Waals surface area contributed by atoms with Gasteiger partial charge in [0.15, 0.2) is 17.2 Å². The zero-order valence-corrected chi connectivity index (χ0v) is 25.0. The normalized spacial score (nSPS) is 28.5. The first-order valence-electron chi connectivity index (χ1n) is 14.6. The van der Waals surface area contributed by atoms with E-state index in [0.29, 0.717) is 11.3 Å². The van der Waals surface area contributed by atoms with Crippen LogP contribution in [0.3, 0.4) is 0 Å². The number of esters is 1. The van der Waals surface area contributed by atoms with Gasteiger partial charge >= 0.3 is 11.9 Å². The second-order valence-electron chi connectivity index (χ2n) is 12.4. The van der Waals surface area contributed by atoms with E-state index < -0.39 is 51.7 Å². The molecule has 230 valence electrons. The van der Waals surface area contributed by atoms with Crippen molar-refractivity contribution in [1.82, 2.24) is 4.90 Å². The van der Waals surface area contributed by atoms with Gasteiger partial charge in [0.2, 0.25) is 5.72 Å². The van der Waals surface area contributed by atoms with Crippen LogP contribution >= 0.6 is 0 Å². The van der Waals surface area contributed by atoms with Crippen LogP contribution in [0.15, 0.2) is 78.4 Å². The lowest BCUT2D eigenvalue weighted by Crippen LogP contribution is -2.66. The Morgan fingerprint density at radius 2 is 1.69 bits per heavy atom. The number of phenolic OH excluding ortho intramolecular Hbond substituents is 1. The molecule has 2 amide bonds. The lowest BCUT2D eigenvalue weighted by atomic mass is 9.62. The Morgan fingerprint density at radius 1 is 1.02 bits per heavy atom. The molecular formula is C34H30N2O9. The highest BCUT2D eigenvalue weighted by Gasteiger charge is 2.89. The molecule has 0 saturated carbocycles. The Hall–Kier alpha value is -5.19. The Balaban J connectivity index is 1.66. The minimum atomic E-state index is -2.30. The van der Waals surface area contributed by atoms with Crippen LogP contribution in [0.4, 0.5) is 5.69 Å². The quantitative estimate of drug-likeness (QED) is 0.400. The number of ketones is 2. The summed E-state index contributed by atoms with van der Waals surface area (Å²) >= 11 is 0. The molecular weight excluding hydrogens is 580 g/mol. The molecule has 1 N–H and O–H groups in total. The number of aromatic hydroxyl groups is 1. The number of para-hydroxylation sites is 2. The third kappa shape index (κ3) is 3.27. The average molecular weight is 611 g/mol. The van der Waals surface area contributed by atoms with E-state index in [2.05, 4.69) is 0 Å². The number of hydrogen-bond donors (Lipinski definition) is 1. The summed E-state index contributed by atoms with van der Waals surface area (Å²) in [5, 5.41) is 11.1. The van der Waals surface area contributed by atoms with Crippen molar-refractivity contribution in [3.05, 3.63) is 84.0 Å². The topological polar surface area (TPSA) is 140 Å². The Bertz CT molecular complexity index is 1800. The number of anilines is 1. The van der Waals surface area contributed by atoms with Gasteiger partial charge in [-0.05, 0) is 75.7 Å². The number of carbonyl (C=O) groups excluding carboxylic acids is 5. The minimum Gasteiger partial charge on any atom is -0.506 e. The summed E-state index contributed by atoms with van der Waals surface area (Å²) in [5.41, 5.74) is -6.61. The second kappa shape index (κ2) is 9.16. The third-order valence-electron chi connectivity index (χ3n) is 9.60. The predicted molar refractivity (Wildman–Crippen MR) is 158 cm³/mol. The van der Waals surface area contributed by atoms with Gasteiger partial charge in [-0.3, -0.25) is 33.8 Å². The standard InChI is InChI=1S/C34H30N2O9/c1-5-44-29(41)27-33-24(25(39)28(40)35(33)22-8-6-7-9-23(22)38)26(19-10-12-21(43-4)13-11-19)45-34(27)32(16-14-20(37)15-17-32)18-31(2,3)36(34)30(33)42/h6-17,27,38H,5,18H2,1-4H3/t27-,33+,34+/m0/s1. The molecule has 7 rings (SSSR count). The van der Waals surface area contributed by atoms with E-state index in [1.165, 1.54) is 42.4 Å². The van der Waals surface area contributed by atoms with Gasteiger partial charge in [0, 0.05) is 11.1 Å². The van der Waals surface area contributed by atoms with Crippen molar-refractivity contribution in [2.45, 2.75) is 44.0 Å². The SMILES string of the molecule is CCOC(=O)[C@H]1[C@@]23C(=O)N4C(C)(C)CC5(C=CC(=O)C=C5)[C@]14OC(c1ccc(OC)cc1)=C2C(=O)C(=O)N3c1ccccc1O. The van der Waals surface area contributed by atoms with Gasteiger partial charge in [0.25, 0.3) is 11.7 Å². The fraction of sp³-hybridized carbons (Fsp3) is 0.324. The zero-order chi connectivity index (χ0) is 32.1. The van der Waals surface area contributed by atoms with Crippen molar-refractivity contribution in [3.63, 3.8) is 0 Å². The molecule has 0 unspecified atom stereocenters. The van der Waals surface area contributed by atoms with Gasteiger partial charge in [-0.1, -0.05) is 24.3 Å². The third-order valence-corrected chi connectivity index (χ3v) is 9.60. The predicted octanol–water partition coefficient (Wildman–Crippen LogP) is 3.08. The number of allylic oxidation sites excluding steroid dienone is 2. The Labute approximate surface area is 258 Å². The molecule has 11 nitrogen and oxygen atoms in total. The molecule has 4 aliphatic heterocycles. The summed E-state index contributed by atoms with van der Waals surface area (Å²) < 4.78 is 17.9. The van der Waals surface area contributed by atoms with Crippen LogP contribution < -0.4 is 9.64 Å². The van der Waals surface area contributed by atoms with E-state index in [1.807, 2.05) is 0 Å². The molecule has 0 aromatic heterocycles. The van der Waals surface area contributed by atoms with Gasteiger partial charge < -0.3 is 19.3 Å². The summed E-state index contributed by atoms with van der Waals surface area (Å²) in [4.78, 5) is 73.1. The number of carbonyl (C=O) groups is 5. The highest BCUT2D eigenvalue weighted by molar-refractivity contribution is 6.55. The summed E-state index contributed by atoms with van der Waals surface area (Å²) in [7, 11) is 1.50. The lowest BCUT2D eigenvalue weighted by molar-refractivity contribution is -0.183. The number of Topliss-reactive ketones (excluding diaryl/α,β-unsaturated/α-hetero) is 1. The van der Waals surface area contributed by atoms with Gasteiger partial charge in [0.05, 0.1) is 30.4 Å². The summed E-state index contributed by atoms with van der Waals surface area (Å²) in [6.07, 6.45) is 6.24. The smallest absolute Gasteiger partial charge is 0.318 e. The van der Waals surface area contributed by atoms with E-state index >= 15 is 4.79 Å². The summed E-state index contributed by atoms with van der Waals surface area (Å²) in [6.45, 7) is 5.15. The molecule has 3 spiro atoms. The van der Waals surface area contributed by atoms with Crippen LogP contribution in [0, 0.1) is 11.3 Å². The maximum Gasteiger partial charge on any atom is 0.318 e. The fourth-order valence-corrected chi connectivity index (χ4v) is 8.18. The van der Waals surface area contributed by atoms with Crippen molar-refractivity contribution in [1.29, 1.82) is 0 Å². The van der Waals surface area contributed by atoms with Crippen LogP contribution in [0.2, 0.25) is 0 Å². The number of phenols is 1. The van der Waals surface area contributed by atoms with Crippen molar-refractivity contribution in [2.24, 2.45) is 11.3 Å². The fourth-order valence-electron chi connectivity index (χ4n) is 8.18. The molecule has 3 saturated heterocycles. The molecule has 3 atom stereocenters. The number of nitrogens with zero attached hydrogens (tertiary/aromatic N) is 2. The van der Waals surface area contributed by atoms with Crippen LogP contribution in [-0.4, -0.2) is 69.9 Å². The van der Waals surface area contributed by atoms with E-state index in [0.717, 1.165) is 4.90 Å². The molecule has 2 bridgehead atoms. The first-order chi connectivity index (χ1) is 21.4. The van der Waals surface area contributed by atoms with Crippen LogP contribution in [-0.2, 0) is 33.4 Å². The lowest BCUT2D eigenvalue weighted by Gasteiger charge is -2.51. The molecule has 2 aromatic rings. The van der Waals surface area contributed by atoms with Crippen molar-refractivity contribution < 1.29 is 43.3 Å². The van der Waals surface area contributed by atoms with Gasteiger partial charge in [-0.15, -0.1) is 0 Å². The Kier molecular flexibility index (Phi) is 5.82. The highest BCUT2D eigenvalue weighted by atomic mass is 16.6. The number of ether oxygens (including phenoxy) is 3. The van der Waals surface area contributed by atoms with Crippen molar-refractivity contribution >= 4 is 40.8 Å². The van der Waals surface area contributed by atoms with E-state index in [4.69, 9.17) is 14.2 Å². The average Bonchev–Trinajstić information content (AvgIpc) is 3.43. The van der Waals surface area contributed by atoms with Crippen LogP contribution in [0.25, 0.3) is 5.76 Å². The van der Waals surface area contributed by atoms with E-state index in [1.54, 1.807) is 63.3 Å². The van der Waals surface area contributed by atoms with Crippen LogP contribution in [0.1, 0.15) is 32.8 Å². The largest absolute Gasteiger partial charge is 0.506 e. The molecule has 3 fully saturated rings. The molecule has 5 aliphatic rings. The van der Waals surface area contributed by atoms with Crippen LogP contribution in [0.5, 0.6) is 11.5 Å². The highest BCUT2D eigenvalue weighted by Crippen LogP contribution is 2.72. The maximum atomic E-state index is 15.4.